The first-order chi connectivity index (χ1) is 15.5. The van der Waals surface area contributed by atoms with E-state index < -0.39 is 6.43 Å². The second-order valence-electron chi connectivity index (χ2n) is 8.24. The van der Waals surface area contributed by atoms with Crippen molar-refractivity contribution in [1.29, 1.82) is 0 Å². The smallest absolute Gasteiger partial charge is 0.264 e. The van der Waals surface area contributed by atoms with Gasteiger partial charge in [-0.05, 0) is 75.6 Å². The summed E-state index contributed by atoms with van der Waals surface area (Å²) >= 11 is 0. The van der Waals surface area contributed by atoms with Crippen molar-refractivity contribution in [1.82, 2.24) is 9.97 Å². The van der Waals surface area contributed by atoms with Crippen LogP contribution in [0.3, 0.4) is 0 Å². The van der Waals surface area contributed by atoms with Crippen molar-refractivity contribution in [3.8, 4) is 0 Å². The van der Waals surface area contributed by atoms with Crippen molar-refractivity contribution >= 4 is 11.4 Å². The summed E-state index contributed by atoms with van der Waals surface area (Å²) in [6.45, 7) is 4.45. The van der Waals surface area contributed by atoms with Crippen LogP contribution in [-0.2, 0) is 22.5 Å². The van der Waals surface area contributed by atoms with E-state index >= 15 is 0 Å². The predicted octanol–water partition coefficient (Wildman–Crippen LogP) is 5.24. The second-order valence-corrected chi connectivity index (χ2v) is 8.24. The number of oxime groups is 2. The largest absolute Gasteiger partial charge is 0.395 e. The summed E-state index contributed by atoms with van der Waals surface area (Å²) < 4.78 is 26.8. The number of alkyl halides is 2. The Kier molecular flexibility index (Phi) is 7.07. The quantitative estimate of drug-likeness (QED) is 0.435. The number of nitrogens with zero attached hydrogens (tertiary/aromatic N) is 4. The van der Waals surface area contributed by atoms with Gasteiger partial charge < -0.3 is 9.68 Å². The maximum absolute atomic E-state index is 13.4. The van der Waals surface area contributed by atoms with Crippen LogP contribution < -0.4 is 0 Å². The molecule has 0 aliphatic heterocycles. The summed E-state index contributed by atoms with van der Waals surface area (Å²) in [5.41, 5.74) is 6.43. The Morgan fingerprint density at radius 2 is 1.53 bits per heavy atom. The number of rotatable bonds is 7. The molecule has 0 radical (unpaired) electrons. The van der Waals surface area contributed by atoms with Crippen molar-refractivity contribution in [2.45, 2.75) is 65.2 Å². The minimum atomic E-state index is -2.51. The number of fused-ring (bicyclic) bond motifs is 2. The predicted molar refractivity (Wildman–Crippen MR) is 118 cm³/mol. The molecular weight excluding hydrogens is 414 g/mol. The van der Waals surface area contributed by atoms with E-state index in [4.69, 9.17) is 9.68 Å². The molecule has 0 amide bonds. The molecule has 0 saturated carbocycles. The summed E-state index contributed by atoms with van der Waals surface area (Å²) in [5.74, 6) is 0. The molecule has 4 rings (SSSR count). The highest BCUT2D eigenvalue weighted by molar-refractivity contribution is 6.01. The summed E-state index contributed by atoms with van der Waals surface area (Å²) in [5, 5.41) is 8.50. The van der Waals surface area contributed by atoms with Gasteiger partial charge >= 0.3 is 0 Å². The van der Waals surface area contributed by atoms with E-state index in [1.165, 1.54) is 11.6 Å². The van der Waals surface area contributed by atoms with Crippen LogP contribution in [0.15, 0.2) is 28.5 Å². The van der Waals surface area contributed by atoms with E-state index in [0.29, 0.717) is 55.1 Å². The zero-order valence-corrected chi connectivity index (χ0v) is 18.5. The minimum absolute atomic E-state index is 0.0568. The Balaban J connectivity index is 1.30. The van der Waals surface area contributed by atoms with Crippen LogP contribution in [0, 0.1) is 13.8 Å². The van der Waals surface area contributed by atoms with Gasteiger partial charge in [-0.2, -0.15) is 0 Å². The normalized spacial score (nSPS) is 18.0. The molecule has 0 fully saturated rings. The Labute approximate surface area is 186 Å². The third kappa shape index (κ3) is 5.11. The molecule has 0 atom stereocenters. The SMILES string of the molecule is Cc1ccc2c(n1)C(=NOCCCON=C1CCCc3c(C(F)F)cc(C)nc31)CCC2. The molecule has 2 aromatic heterocycles. The Bertz CT molecular complexity index is 1040. The van der Waals surface area contributed by atoms with Gasteiger partial charge in [-0.1, -0.05) is 16.4 Å². The molecular formula is C24H28F2N4O2. The van der Waals surface area contributed by atoms with Gasteiger partial charge in [0.25, 0.3) is 6.43 Å². The van der Waals surface area contributed by atoms with Crippen LogP contribution in [-0.4, -0.2) is 34.6 Å². The van der Waals surface area contributed by atoms with Gasteiger partial charge in [0.1, 0.15) is 24.6 Å². The van der Waals surface area contributed by atoms with Gasteiger partial charge in [-0.25, -0.2) is 8.78 Å². The number of pyridine rings is 2. The number of aryl methyl sites for hydroxylation is 3. The van der Waals surface area contributed by atoms with Crippen molar-refractivity contribution in [3.05, 3.63) is 57.7 Å². The van der Waals surface area contributed by atoms with E-state index in [1.807, 2.05) is 13.0 Å². The molecule has 0 bridgehead atoms. The number of hydrogen-bond donors (Lipinski definition) is 0. The van der Waals surface area contributed by atoms with E-state index in [1.54, 1.807) is 6.92 Å². The minimum Gasteiger partial charge on any atom is -0.395 e. The number of aromatic nitrogens is 2. The summed E-state index contributed by atoms with van der Waals surface area (Å²) in [6, 6.07) is 5.61. The van der Waals surface area contributed by atoms with E-state index in [9.17, 15) is 8.78 Å². The molecule has 6 nitrogen and oxygen atoms in total. The average Bonchev–Trinajstić information content (AvgIpc) is 2.78. The second kappa shape index (κ2) is 10.1. The summed E-state index contributed by atoms with van der Waals surface area (Å²) in [6.07, 6.45) is 3.04. The zero-order valence-electron chi connectivity index (χ0n) is 18.5. The maximum Gasteiger partial charge on any atom is 0.264 e. The molecule has 0 aromatic carbocycles. The van der Waals surface area contributed by atoms with Crippen LogP contribution in [0.4, 0.5) is 8.78 Å². The fraction of sp³-hybridized carbons (Fsp3) is 0.500. The first kappa shape index (κ1) is 22.3. The molecule has 32 heavy (non-hydrogen) atoms. The third-order valence-electron chi connectivity index (χ3n) is 5.71. The zero-order chi connectivity index (χ0) is 22.5. The van der Waals surface area contributed by atoms with Crippen LogP contribution in [0.2, 0.25) is 0 Å². The van der Waals surface area contributed by atoms with Gasteiger partial charge in [0.05, 0.1) is 11.4 Å². The lowest BCUT2D eigenvalue weighted by Gasteiger charge is -2.20. The van der Waals surface area contributed by atoms with Crippen molar-refractivity contribution in [2.24, 2.45) is 10.3 Å². The molecule has 8 heteroatoms. The van der Waals surface area contributed by atoms with Crippen molar-refractivity contribution < 1.29 is 18.5 Å². The van der Waals surface area contributed by atoms with Gasteiger partial charge in [-0.15, -0.1) is 0 Å². The summed E-state index contributed by atoms with van der Waals surface area (Å²) in [7, 11) is 0. The lowest BCUT2D eigenvalue weighted by atomic mass is 9.90. The van der Waals surface area contributed by atoms with Crippen molar-refractivity contribution in [3.63, 3.8) is 0 Å². The molecule has 2 aromatic rings. The molecule has 0 unspecified atom stereocenters. The lowest BCUT2D eigenvalue weighted by Crippen LogP contribution is -2.18. The van der Waals surface area contributed by atoms with Crippen LogP contribution >= 0.6 is 0 Å². The number of halogens is 2. The Morgan fingerprint density at radius 3 is 2.25 bits per heavy atom. The average molecular weight is 443 g/mol. The highest BCUT2D eigenvalue weighted by Gasteiger charge is 2.25. The van der Waals surface area contributed by atoms with Crippen LogP contribution in [0.5, 0.6) is 0 Å². The molecule has 0 N–H and O–H groups in total. The van der Waals surface area contributed by atoms with Crippen molar-refractivity contribution in [2.75, 3.05) is 13.2 Å². The first-order valence-corrected chi connectivity index (χ1v) is 11.2. The van der Waals surface area contributed by atoms with Gasteiger partial charge in [0, 0.05) is 23.4 Å². The highest BCUT2D eigenvalue weighted by Crippen LogP contribution is 2.31. The number of hydrogen-bond acceptors (Lipinski definition) is 6. The topological polar surface area (TPSA) is 69.0 Å². The van der Waals surface area contributed by atoms with Gasteiger partial charge in [0.15, 0.2) is 0 Å². The highest BCUT2D eigenvalue weighted by atomic mass is 19.3. The Hall–Kier alpha value is -2.90. The first-order valence-electron chi connectivity index (χ1n) is 11.2. The lowest BCUT2D eigenvalue weighted by molar-refractivity contribution is 0.0894. The third-order valence-corrected chi connectivity index (χ3v) is 5.71. The fourth-order valence-electron chi connectivity index (χ4n) is 4.19. The van der Waals surface area contributed by atoms with Gasteiger partial charge in [0.2, 0.25) is 0 Å². The fourth-order valence-corrected chi connectivity index (χ4v) is 4.19. The molecule has 0 saturated heterocycles. The summed E-state index contributed by atoms with van der Waals surface area (Å²) in [4.78, 5) is 20.0. The molecule has 170 valence electrons. The molecule has 2 aliphatic carbocycles. The van der Waals surface area contributed by atoms with E-state index in [0.717, 1.165) is 42.8 Å². The van der Waals surface area contributed by atoms with Crippen LogP contribution in [0.1, 0.15) is 78.0 Å². The van der Waals surface area contributed by atoms with E-state index in [-0.39, 0.29) is 5.56 Å². The molecule has 0 spiro atoms. The maximum atomic E-state index is 13.4. The van der Waals surface area contributed by atoms with Gasteiger partial charge in [-0.3, -0.25) is 9.97 Å². The van der Waals surface area contributed by atoms with E-state index in [2.05, 4.69) is 26.3 Å². The standard InChI is InChI=1S/C24H28F2N4O2/c1-15-10-11-17-6-3-8-20(22(17)27-15)29-31-12-5-13-32-30-21-9-4-7-18-19(24(25)26)14-16(2)28-23(18)21/h10-11,14,24H,3-9,12-13H2,1-2H3. The van der Waals surface area contributed by atoms with Crippen LogP contribution in [0.25, 0.3) is 0 Å². The Morgan fingerprint density at radius 1 is 0.875 bits per heavy atom. The molecule has 2 heterocycles. The molecule has 2 aliphatic rings. The monoisotopic (exact) mass is 442 g/mol.